The Morgan fingerprint density at radius 1 is 1.38 bits per heavy atom. The van der Waals surface area contributed by atoms with Crippen molar-refractivity contribution in [2.45, 2.75) is 76.4 Å². The van der Waals surface area contributed by atoms with E-state index in [0.717, 1.165) is 0 Å². The molecule has 1 heterocycles. The summed E-state index contributed by atoms with van der Waals surface area (Å²) in [6, 6.07) is 0.0833. The summed E-state index contributed by atoms with van der Waals surface area (Å²) >= 11 is 0.661. The van der Waals surface area contributed by atoms with Gasteiger partial charge in [0.25, 0.3) is 0 Å². The van der Waals surface area contributed by atoms with Crippen LogP contribution in [0.2, 0.25) is 0 Å². The first kappa shape index (κ1) is 31.4. The molecule has 1 fully saturated rings. The van der Waals surface area contributed by atoms with Crippen LogP contribution in [0.1, 0.15) is 41.0 Å². The van der Waals surface area contributed by atoms with Crippen molar-refractivity contribution in [3.63, 3.8) is 0 Å². The Bertz CT molecular complexity index is 376. The van der Waals surface area contributed by atoms with Gasteiger partial charge >= 0.3 is 5.97 Å². The molecule has 1 saturated heterocycles. The van der Waals surface area contributed by atoms with Crippen LogP contribution in [0.5, 0.6) is 0 Å². The van der Waals surface area contributed by atoms with Crippen LogP contribution in [-0.2, 0) is 42.2 Å². The third-order valence-corrected chi connectivity index (χ3v) is 4.31. The Hall–Kier alpha value is 0.684. The van der Waals surface area contributed by atoms with Gasteiger partial charge in [-0.1, -0.05) is 34.6 Å². The van der Waals surface area contributed by atoms with Crippen LogP contribution < -0.4 is 0 Å². The van der Waals surface area contributed by atoms with Gasteiger partial charge in [0.05, 0.1) is 18.8 Å². The molecule has 0 amide bonds. The molecule has 26 heavy (non-hydrogen) atoms. The fraction of sp³-hybridized carbons (Fsp3) is 0.875. The number of nitrogens with one attached hydrogen (secondary N) is 1. The first-order chi connectivity index (χ1) is 11.5. The van der Waals surface area contributed by atoms with Gasteiger partial charge in [-0.05, 0) is 0 Å². The van der Waals surface area contributed by atoms with E-state index >= 15 is 0 Å². The second kappa shape index (κ2) is 15.6. The summed E-state index contributed by atoms with van der Waals surface area (Å²) in [6.07, 6.45) is -1.85. The van der Waals surface area contributed by atoms with Crippen LogP contribution in [0, 0.1) is 12.2 Å². The van der Waals surface area contributed by atoms with Crippen LogP contribution >= 0.6 is 11.8 Å². The second-order valence-corrected chi connectivity index (χ2v) is 6.76. The van der Waals surface area contributed by atoms with E-state index < -0.39 is 47.8 Å². The molecule has 6 atom stereocenters. The Balaban J connectivity index is -0.000000665. The van der Waals surface area contributed by atoms with Gasteiger partial charge in [-0.2, -0.15) is 0 Å². The molecule has 2 unspecified atom stereocenters. The Morgan fingerprint density at radius 2 is 1.81 bits per heavy atom. The number of rotatable bonds is 5. The van der Waals surface area contributed by atoms with Gasteiger partial charge in [0, 0.05) is 45.0 Å². The van der Waals surface area contributed by atoms with Crippen molar-refractivity contribution in [1.82, 2.24) is 0 Å². The van der Waals surface area contributed by atoms with Crippen LogP contribution in [0.3, 0.4) is 0 Å². The molecular weight excluding hydrogens is 439 g/mol. The summed E-state index contributed by atoms with van der Waals surface area (Å²) in [5.41, 5.74) is 6.58. The number of aliphatic hydroxyl groups excluding tert-OH is 4. The van der Waals surface area contributed by atoms with Crippen molar-refractivity contribution < 1.29 is 67.8 Å². The van der Waals surface area contributed by atoms with E-state index in [1.54, 1.807) is 6.92 Å². The predicted molar refractivity (Wildman–Crippen MR) is 97.9 cm³/mol. The average Bonchev–Trinajstić information content (AvgIpc) is 2.57. The van der Waals surface area contributed by atoms with E-state index in [0.29, 0.717) is 11.8 Å². The summed E-state index contributed by atoms with van der Waals surface area (Å²) in [5, 5.41) is 47.3. The molecule has 0 saturated carbocycles. The van der Waals surface area contributed by atoms with E-state index in [4.69, 9.17) is 15.6 Å². The van der Waals surface area contributed by atoms with Gasteiger partial charge in [0.15, 0.2) is 4.93 Å². The molecule has 1 radical (unpaired) electrons. The fourth-order valence-electron chi connectivity index (χ4n) is 2.06. The number of thioether (sulfide) groups is 1. The fourth-order valence-corrected chi connectivity index (χ4v) is 2.65. The molecule has 155 valence electrons. The third kappa shape index (κ3) is 9.75. The minimum absolute atomic E-state index is 0. The number of aliphatic hydroxyl groups is 4. The maximum atomic E-state index is 11.3. The van der Waals surface area contributed by atoms with Gasteiger partial charge in [-0.3, -0.25) is 6.26 Å². The average molecular weight is 472 g/mol. The number of carboxylic acid groups (broad SMARTS) is 1. The van der Waals surface area contributed by atoms with Crippen molar-refractivity contribution in [2.24, 2.45) is 5.92 Å². The summed E-state index contributed by atoms with van der Waals surface area (Å²) in [7, 11) is 0. The molecule has 8 nitrogen and oxygen atoms in total. The van der Waals surface area contributed by atoms with Crippen molar-refractivity contribution in [3.8, 4) is 0 Å². The minimum atomic E-state index is -1.77. The summed E-state index contributed by atoms with van der Waals surface area (Å²) < 4.78 is 5.37. The number of carbonyl (C=O) groups is 1. The normalized spacial score (nSPS) is 29.9. The molecule has 0 bridgehead atoms. The molecule has 0 aromatic rings. The molecule has 1 aliphatic heterocycles. The van der Waals surface area contributed by atoms with Crippen molar-refractivity contribution in [2.75, 3.05) is 6.61 Å². The third-order valence-electron chi connectivity index (χ3n) is 3.41. The number of aliphatic carboxylic acids is 1. The SMILES string of the molecule is CC.CC(C)[NH-].[CH2-]S[C@]1(C(=O)O)C[C@H](O)C(C)C([C@H](O)[C@H](O)CO)O1.[Y]. The minimum Gasteiger partial charge on any atom is -0.675 e. The molecule has 1 rings (SSSR count). The summed E-state index contributed by atoms with van der Waals surface area (Å²) in [6.45, 7) is 8.55. The maximum absolute atomic E-state index is 11.3. The molecule has 6 N–H and O–H groups in total. The van der Waals surface area contributed by atoms with Gasteiger partial charge < -0.3 is 47.8 Å². The van der Waals surface area contributed by atoms with Crippen LogP contribution in [0.15, 0.2) is 0 Å². The molecule has 0 aromatic heterocycles. The van der Waals surface area contributed by atoms with E-state index in [1.165, 1.54) is 0 Å². The summed E-state index contributed by atoms with van der Waals surface area (Å²) in [4.78, 5) is 9.51. The molecule has 0 spiro atoms. The van der Waals surface area contributed by atoms with E-state index in [-0.39, 0.29) is 45.2 Å². The second-order valence-electron chi connectivity index (χ2n) is 5.81. The van der Waals surface area contributed by atoms with E-state index in [1.807, 2.05) is 27.7 Å². The summed E-state index contributed by atoms with van der Waals surface area (Å²) in [5.74, 6) is -1.90. The van der Waals surface area contributed by atoms with Gasteiger partial charge in [0.2, 0.25) is 0 Å². The van der Waals surface area contributed by atoms with Crippen molar-refractivity contribution in [1.29, 1.82) is 0 Å². The standard InChI is InChI=1S/C11H19O7S.C3H8N.C2H6.Y/c1-5-6(13)3-11(19-2,10(16)17)18-9(5)8(15)7(14)4-12;1-3(2)4;1-2;/h5-9,12-15H,2-4H2,1H3,(H,16,17);3-4H,1-2H3;1-2H3;/q2*-1;;/t5?,6-,7+,8+,9?,11-;;;/m0.../s1. The first-order valence-corrected chi connectivity index (χ1v) is 9.21. The number of ether oxygens (including phenoxy) is 1. The number of hydrogen-bond donors (Lipinski definition) is 5. The van der Waals surface area contributed by atoms with Gasteiger partial charge in [0.1, 0.15) is 12.2 Å². The van der Waals surface area contributed by atoms with E-state index in [2.05, 4.69) is 6.26 Å². The predicted octanol–water partition coefficient (Wildman–Crippen LogP) is 1.26. The number of carboxylic acids is 1. The topological polar surface area (TPSA) is 151 Å². The Kier molecular flexibility index (Phi) is 18.8. The van der Waals surface area contributed by atoms with Crippen molar-refractivity contribution >= 4 is 17.7 Å². The molecular formula is C16H33NO7SY-2. The molecule has 0 aromatic carbocycles. The molecule has 0 aliphatic carbocycles. The number of hydrogen-bond acceptors (Lipinski definition) is 7. The van der Waals surface area contributed by atoms with Gasteiger partial charge in [-0.25, -0.2) is 4.79 Å². The van der Waals surface area contributed by atoms with E-state index in [9.17, 15) is 25.2 Å². The van der Waals surface area contributed by atoms with Gasteiger partial charge in [-0.15, -0.1) is 6.04 Å². The zero-order valence-electron chi connectivity index (χ0n) is 16.1. The Morgan fingerprint density at radius 3 is 2.12 bits per heavy atom. The largest absolute Gasteiger partial charge is 0.675 e. The van der Waals surface area contributed by atoms with Crippen LogP contribution in [0.4, 0.5) is 0 Å². The molecule has 1 aliphatic rings. The molecule has 10 heteroatoms. The Labute approximate surface area is 185 Å². The zero-order chi connectivity index (χ0) is 20.4. The van der Waals surface area contributed by atoms with Crippen LogP contribution in [0.25, 0.3) is 5.73 Å². The monoisotopic (exact) mass is 472 g/mol. The van der Waals surface area contributed by atoms with Crippen molar-refractivity contribution in [3.05, 3.63) is 12.0 Å². The zero-order valence-corrected chi connectivity index (χ0v) is 19.8. The quantitative estimate of drug-likeness (QED) is 0.375. The smallest absolute Gasteiger partial charge is 0.344 e. The first-order valence-electron chi connectivity index (χ1n) is 8.23. The van der Waals surface area contributed by atoms with Crippen LogP contribution in [-0.4, -0.2) is 73.5 Å². The maximum Gasteiger partial charge on any atom is 0.344 e.